The van der Waals surface area contributed by atoms with E-state index in [9.17, 15) is 14.4 Å². The number of esters is 1. The van der Waals surface area contributed by atoms with E-state index in [1.165, 1.54) is 0 Å². The summed E-state index contributed by atoms with van der Waals surface area (Å²) >= 11 is 0. The molecule has 1 fully saturated rings. The van der Waals surface area contributed by atoms with Crippen molar-refractivity contribution in [1.29, 1.82) is 0 Å². The normalized spacial score (nSPS) is 25.1. The van der Waals surface area contributed by atoms with E-state index in [1.54, 1.807) is 11.8 Å². The molecule has 4 rings (SSSR count). The maximum Gasteiger partial charge on any atom is 0.310 e. The third kappa shape index (κ3) is 5.31. The van der Waals surface area contributed by atoms with Gasteiger partial charge in [-0.15, -0.1) is 0 Å². The van der Waals surface area contributed by atoms with E-state index in [1.807, 2.05) is 61.5 Å². The van der Waals surface area contributed by atoms with Crippen molar-refractivity contribution in [2.45, 2.75) is 45.6 Å². The van der Waals surface area contributed by atoms with E-state index < -0.39 is 23.8 Å². The Morgan fingerprint density at radius 1 is 1.03 bits per heavy atom. The number of hydrogen-bond donors (Lipinski definition) is 2. The van der Waals surface area contributed by atoms with Crippen LogP contribution < -0.4 is 5.32 Å². The van der Waals surface area contributed by atoms with Crippen LogP contribution in [0, 0.1) is 23.7 Å². The summed E-state index contributed by atoms with van der Waals surface area (Å²) in [6, 6.07) is 13.0. The number of aliphatic hydroxyl groups excluding tert-OH is 1. The standard InChI is InChI=1S/C29H36N2O5/c1-3-36-29(35)24-19(2)12-15-23-25(24)28(34)31(16-8-4-5-9-17-32)26(23)27(33)30-22-14-13-20-10-6-7-11-21(20)18-22/h6-7,10-15,18-19,23-26,32H,3-5,8-9,16-17H2,1-2H3,(H,30,33)/t19-,23+,24-,25-,26+/m1/s1. The zero-order chi connectivity index (χ0) is 25.7. The summed E-state index contributed by atoms with van der Waals surface area (Å²) in [4.78, 5) is 42.0. The Hall–Kier alpha value is -3.19. The summed E-state index contributed by atoms with van der Waals surface area (Å²) in [6.45, 7) is 4.51. The number of benzene rings is 2. The first-order chi connectivity index (χ1) is 17.5. The summed E-state index contributed by atoms with van der Waals surface area (Å²) in [5.41, 5.74) is 0.674. The number of ether oxygens (including phenoxy) is 1. The van der Waals surface area contributed by atoms with Crippen LogP contribution in [0.4, 0.5) is 5.69 Å². The fourth-order valence-electron chi connectivity index (χ4n) is 5.66. The van der Waals surface area contributed by atoms with Crippen molar-refractivity contribution < 1.29 is 24.2 Å². The predicted molar refractivity (Wildman–Crippen MR) is 139 cm³/mol. The minimum Gasteiger partial charge on any atom is -0.466 e. The number of unbranched alkanes of at least 4 members (excludes halogenated alkanes) is 3. The molecule has 5 atom stereocenters. The van der Waals surface area contributed by atoms with E-state index in [2.05, 4.69) is 5.32 Å². The number of carbonyl (C=O) groups is 3. The highest BCUT2D eigenvalue weighted by atomic mass is 16.5. The number of fused-ring (bicyclic) bond motifs is 2. The molecule has 2 aliphatic rings. The second kappa shape index (κ2) is 11.7. The van der Waals surface area contributed by atoms with Crippen molar-refractivity contribution in [3.05, 3.63) is 54.6 Å². The van der Waals surface area contributed by atoms with Gasteiger partial charge in [-0.1, -0.05) is 62.2 Å². The highest BCUT2D eigenvalue weighted by Gasteiger charge is 2.56. The minimum atomic E-state index is -0.701. The van der Waals surface area contributed by atoms with Crippen molar-refractivity contribution in [2.24, 2.45) is 23.7 Å². The summed E-state index contributed by atoms with van der Waals surface area (Å²) in [6.07, 6.45) is 7.05. The molecule has 1 aliphatic heterocycles. The van der Waals surface area contributed by atoms with Crippen molar-refractivity contribution in [3.8, 4) is 0 Å². The van der Waals surface area contributed by atoms with Crippen LogP contribution in [0.3, 0.4) is 0 Å². The average molecular weight is 493 g/mol. The van der Waals surface area contributed by atoms with E-state index in [0.717, 1.165) is 36.5 Å². The molecule has 2 aromatic rings. The molecule has 0 saturated carbocycles. The highest BCUT2D eigenvalue weighted by Crippen LogP contribution is 2.44. The molecular formula is C29H36N2O5. The maximum absolute atomic E-state index is 13.7. The Balaban J connectivity index is 1.60. The first-order valence-corrected chi connectivity index (χ1v) is 13.0. The summed E-state index contributed by atoms with van der Waals surface area (Å²) in [5.74, 6) is -2.56. The van der Waals surface area contributed by atoms with Crippen LogP contribution in [-0.2, 0) is 19.1 Å². The molecule has 0 bridgehead atoms. The molecule has 2 aromatic carbocycles. The van der Waals surface area contributed by atoms with Gasteiger partial charge in [0.1, 0.15) is 6.04 Å². The summed E-state index contributed by atoms with van der Waals surface area (Å²) < 4.78 is 5.33. The Morgan fingerprint density at radius 3 is 2.53 bits per heavy atom. The molecule has 0 aromatic heterocycles. The Labute approximate surface area is 212 Å². The number of likely N-dealkylation sites (tertiary alicyclic amines) is 1. The lowest BCUT2D eigenvalue weighted by Crippen LogP contribution is -2.44. The zero-order valence-electron chi connectivity index (χ0n) is 21.1. The fourth-order valence-corrected chi connectivity index (χ4v) is 5.66. The molecule has 1 aliphatic carbocycles. The second-order valence-electron chi connectivity index (χ2n) is 9.79. The number of rotatable bonds is 10. The highest BCUT2D eigenvalue weighted by molar-refractivity contribution is 6.02. The number of amides is 2. The van der Waals surface area contributed by atoms with Gasteiger partial charge in [-0.25, -0.2) is 0 Å². The van der Waals surface area contributed by atoms with Crippen molar-refractivity contribution >= 4 is 34.2 Å². The molecule has 192 valence electrons. The lowest BCUT2D eigenvalue weighted by atomic mass is 9.70. The first kappa shape index (κ1) is 25.9. The minimum absolute atomic E-state index is 0.146. The van der Waals surface area contributed by atoms with Crippen LogP contribution in [0.5, 0.6) is 0 Å². The summed E-state index contributed by atoms with van der Waals surface area (Å²) in [5, 5.41) is 14.2. The second-order valence-corrected chi connectivity index (χ2v) is 9.79. The Kier molecular flexibility index (Phi) is 8.41. The lowest BCUT2D eigenvalue weighted by molar-refractivity contribution is -0.155. The molecule has 2 amide bonds. The number of hydrogen-bond acceptors (Lipinski definition) is 5. The number of allylic oxidation sites excluding steroid dienone is 1. The lowest BCUT2D eigenvalue weighted by Gasteiger charge is -2.32. The van der Waals surface area contributed by atoms with Crippen LogP contribution in [0.15, 0.2) is 54.6 Å². The molecular weight excluding hydrogens is 456 g/mol. The molecule has 1 heterocycles. The topological polar surface area (TPSA) is 95.9 Å². The molecule has 7 nitrogen and oxygen atoms in total. The molecule has 2 N–H and O–H groups in total. The van der Waals surface area contributed by atoms with Crippen LogP contribution in [0.2, 0.25) is 0 Å². The van der Waals surface area contributed by atoms with E-state index >= 15 is 0 Å². The molecule has 0 unspecified atom stereocenters. The average Bonchev–Trinajstić information content (AvgIpc) is 3.15. The van der Waals surface area contributed by atoms with Gasteiger partial charge in [0.15, 0.2) is 0 Å². The molecule has 1 saturated heterocycles. The van der Waals surface area contributed by atoms with Gasteiger partial charge in [-0.2, -0.15) is 0 Å². The number of nitrogens with zero attached hydrogens (tertiary/aromatic N) is 1. The van der Waals surface area contributed by atoms with Crippen molar-refractivity contribution in [3.63, 3.8) is 0 Å². The SMILES string of the molecule is CCOC(=O)[C@H]1[C@@H]2C(=O)N(CCCCCCO)[C@H](C(=O)Nc3ccc4ccccc4c3)[C@H]2C=C[C@H]1C. The third-order valence-electron chi connectivity index (χ3n) is 7.43. The quantitative estimate of drug-likeness (QED) is 0.295. The summed E-state index contributed by atoms with van der Waals surface area (Å²) in [7, 11) is 0. The van der Waals surface area contributed by atoms with Crippen LogP contribution in [0.25, 0.3) is 10.8 Å². The Bertz CT molecular complexity index is 1130. The van der Waals surface area contributed by atoms with E-state index in [4.69, 9.17) is 9.84 Å². The van der Waals surface area contributed by atoms with E-state index in [0.29, 0.717) is 12.2 Å². The van der Waals surface area contributed by atoms with Crippen molar-refractivity contribution in [1.82, 2.24) is 4.90 Å². The smallest absolute Gasteiger partial charge is 0.310 e. The molecule has 0 radical (unpaired) electrons. The van der Waals surface area contributed by atoms with Crippen molar-refractivity contribution in [2.75, 3.05) is 25.1 Å². The van der Waals surface area contributed by atoms with Gasteiger partial charge in [0.2, 0.25) is 11.8 Å². The number of carbonyl (C=O) groups excluding carboxylic acids is 3. The Morgan fingerprint density at radius 2 is 1.78 bits per heavy atom. The van der Waals surface area contributed by atoms with Gasteiger partial charge >= 0.3 is 5.97 Å². The zero-order valence-corrected chi connectivity index (χ0v) is 21.1. The van der Waals surface area contributed by atoms with Gasteiger partial charge in [0.25, 0.3) is 0 Å². The van der Waals surface area contributed by atoms with Gasteiger partial charge in [-0.05, 0) is 48.6 Å². The van der Waals surface area contributed by atoms with Crippen LogP contribution >= 0.6 is 0 Å². The largest absolute Gasteiger partial charge is 0.466 e. The number of nitrogens with one attached hydrogen (secondary N) is 1. The molecule has 36 heavy (non-hydrogen) atoms. The fraction of sp³-hybridized carbons (Fsp3) is 0.483. The third-order valence-corrected chi connectivity index (χ3v) is 7.43. The number of anilines is 1. The molecule has 7 heteroatoms. The van der Waals surface area contributed by atoms with Gasteiger partial charge in [0, 0.05) is 24.8 Å². The van der Waals surface area contributed by atoms with Crippen LogP contribution in [0.1, 0.15) is 39.5 Å². The number of aliphatic hydroxyl groups is 1. The maximum atomic E-state index is 13.7. The van der Waals surface area contributed by atoms with Gasteiger partial charge < -0.3 is 20.1 Å². The van der Waals surface area contributed by atoms with Gasteiger partial charge in [0.05, 0.1) is 18.4 Å². The van der Waals surface area contributed by atoms with E-state index in [-0.39, 0.29) is 36.9 Å². The predicted octanol–water partition coefficient (Wildman–Crippen LogP) is 4.16. The molecule has 0 spiro atoms. The van der Waals surface area contributed by atoms with Gasteiger partial charge in [-0.3, -0.25) is 14.4 Å². The first-order valence-electron chi connectivity index (χ1n) is 13.0. The monoisotopic (exact) mass is 492 g/mol. The van der Waals surface area contributed by atoms with Crippen LogP contribution in [-0.4, -0.2) is 53.6 Å².